The van der Waals surface area contributed by atoms with Crippen molar-refractivity contribution < 1.29 is 27.9 Å². The standard InChI is InChI=1S/C17H21NO6S/c19-16(18-7-8-24-15(11-18)17(20)21)6-9-25(22,23)14-5-4-12-2-1-3-13(12)10-14/h4-5,10,15H,1-3,6-9,11H2,(H,20,21)/t15-/m1/s1. The van der Waals surface area contributed by atoms with Gasteiger partial charge in [0.1, 0.15) is 0 Å². The molecular formula is C17H21NO6S. The number of nitrogens with zero attached hydrogens (tertiary/aromatic N) is 1. The molecule has 0 spiro atoms. The summed E-state index contributed by atoms with van der Waals surface area (Å²) in [6, 6.07) is 5.19. The van der Waals surface area contributed by atoms with Crippen LogP contribution in [0.3, 0.4) is 0 Å². The highest BCUT2D eigenvalue weighted by Crippen LogP contribution is 2.25. The van der Waals surface area contributed by atoms with Crippen molar-refractivity contribution in [2.45, 2.75) is 36.7 Å². The van der Waals surface area contributed by atoms with E-state index in [0.29, 0.717) is 0 Å². The van der Waals surface area contributed by atoms with Crippen LogP contribution >= 0.6 is 0 Å². The number of sulfone groups is 1. The molecule has 3 rings (SSSR count). The number of carbonyl (C=O) groups excluding carboxylic acids is 1. The molecule has 2 aliphatic rings. The van der Waals surface area contributed by atoms with Crippen LogP contribution < -0.4 is 0 Å². The molecule has 0 bridgehead atoms. The second-order valence-electron chi connectivity index (χ2n) is 6.39. The molecule has 1 aromatic carbocycles. The summed E-state index contributed by atoms with van der Waals surface area (Å²) in [7, 11) is -3.54. The number of hydrogen-bond acceptors (Lipinski definition) is 5. The third-order valence-corrected chi connectivity index (χ3v) is 6.42. The van der Waals surface area contributed by atoms with E-state index in [0.717, 1.165) is 24.8 Å². The van der Waals surface area contributed by atoms with Crippen LogP contribution in [0.1, 0.15) is 24.0 Å². The van der Waals surface area contributed by atoms with E-state index in [1.807, 2.05) is 6.07 Å². The minimum atomic E-state index is -3.54. The van der Waals surface area contributed by atoms with Gasteiger partial charge in [-0.1, -0.05) is 6.07 Å². The van der Waals surface area contributed by atoms with Gasteiger partial charge in [-0.2, -0.15) is 0 Å². The molecule has 7 nitrogen and oxygen atoms in total. The molecule has 1 heterocycles. The summed E-state index contributed by atoms with van der Waals surface area (Å²) in [5.41, 5.74) is 2.27. The Kier molecular flexibility index (Phi) is 5.10. The zero-order chi connectivity index (χ0) is 18.0. The lowest BCUT2D eigenvalue weighted by Gasteiger charge is -2.30. The maximum absolute atomic E-state index is 12.5. The first-order valence-corrected chi connectivity index (χ1v) is 9.99. The highest BCUT2D eigenvalue weighted by atomic mass is 32.2. The fourth-order valence-corrected chi connectivity index (χ4v) is 4.54. The van der Waals surface area contributed by atoms with Gasteiger partial charge < -0.3 is 14.7 Å². The van der Waals surface area contributed by atoms with E-state index in [4.69, 9.17) is 9.84 Å². The number of morpholine rings is 1. The van der Waals surface area contributed by atoms with Crippen molar-refractivity contribution in [3.8, 4) is 0 Å². The van der Waals surface area contributed by atoms with Gasteiger partial charge in [-0.05, 0) is 42.5 Å². The first-order valence-electron chi connectivity index (χ1n) is 8.33. The molecule has 1 aliphatic heterocycles. The number of carboxylic acid groups (broad SMARTS) is 1. The Labute approximate surface area is 146 Å². The fraction of sp³-hybridized carbons (Fsp3) is 0.529. The first kappa shape index (κ1) is 17.9. The molecule has 1 aromatic rings. The van der Waals surface area contributed by atoms with Crippen molar-refractivity contribution in [1.82, 2.24) is 4.90 Å². The summed E-state index contributed by atoms with van der Waals surface area (Å²) in [5.74, 6) is -1.76. The van der Waals surface area contributed by atoms with Crippen LogP contribution in [0.5, 0.6) is 0 Å². The molecular weight excluding hydrogens is 346 g/mol. The normalized spacial score (nSPS) is 20.3. The third kappa shape index (κ3) is 4.01. The van der Waals surface area contributed by atoms with Crippen molar-refractivity contribution >= 4 is 21.7 Å². The minimum Gasteiger partial charge on any atom is -0.479 e. The summed E-state index contributed by atoms with van der Waals surface area (Å²) >= 11 is 0. The molecule has 1 N–H and O–H groups in total. The SMILES string of the molecule is O=C(O)[C@H]1CN(C(=O)CCS(=O)(=O)c2ccc3c(c2)CCC3)CCO1. The van der Waals surface area contributed by atoms with Crippen LogP contribution in [-0.2, 0) is 37.0 Å². The summed E-state index contributed by atoms with van der Waals surface area (Å²) in [4.78, 5) is 24.8. The van der Waals surface area contributed by atoms with Crippen LogP contribution in [0.15, 0.2) is 23.1 Å². The van der Waals surface area contributed by atoms with Gasteiger partial charge in [0.2, 0.25) is 5.91 Å². The smallest absolute Gasteiger partial charge is 0.334 e. The topological polar surface area (TPSA) is 101 Å². The van der Waals surface area contributed by atoms with Crippen LogP contribution in [0.2, 0.25) is 0 Å². The second kappa shape index (κ2) is 7.13. The zero-order valence-corrected chi connectivity index (χ0v) is 14.6. The van der Waals surface area contributed by atoms with E-state index in [-0.39, 0.29) is 42.7 Å². The van der Waals surface area contributed by atoms with Gasteiger partial charge in [-0.3, -0.25) is 4.79 Å². The molecule has 1 aliphatic carbocycles. The van der Waals surface area contributed by atoms with Gasteiger partial charge in [-0.25, -0.2) is 13.2 Å². The van der Waals surface area contributed by atoms with Gasteiger partial charge in [0.15, 0.2) is 15.9 Å². The quantitative estimate of drug-likeness (QED) is 0.820. The fourth-order valence-electron chi connectivity index (χ4n) is 3.26. The zero-order valence-electron chi connectivity index (χ0n) is 13.8. The monoisotopic (exact) mass is 367 g/mol. The predicted molar refractivity (Wildman–Crippen MR) is 89.1 cm³/mol. The van der Waals surface area contributed by atoms with E-state index >= 15 is 0 Å². The molecule has 1 saturated heterocycles. The van der Waals surface area contributed by atoms with E-state index < -0.39 is 21.9 Å². The van der Waals surface area contributed by atoms with E-state index in [1.54, 1.807) is 12.1 Å². The van der Waals surface area contributed by atoms with Gasteiger partial charge in [0.05, 0.1) is 23.8 Å². The predicted octanol–water partition coefficient (Wildman–Crippen LogP) is 0.651. The summed E-state index contributed by atoms with van der Waals surface area (Å²) < 4.78 is 30.1. The number of benzene rings is 1. The molecule has 0 radical (unpaired) electrons. The minimum absolute atomic E-state index is 0.0486. The Bertz CT molecular complexity index is 788. The van der Waals surface area contributed by atoms with E-state index in [1.165, 1.54) is 10.5 Å². The maximum atomic E-state index is 12.5. The molecule has 0 aromatic heterocycles. The third-order valence-electron chi connectivity index (χ3n) is 4.71. The molecule has 136 valence electrons. The number of hydrogen-bond donors (Lipinski definition) is 1. The van der Waals surface area contributed by atoms with Gasteiger partial charge in [0, 0.05) is 13.0 Å². The first-order chi connectivity index (χ1) is 11.9. The number of ether oxygens (including phenoxy) is 1. The molecule has 25 heavy (non-hydrogen) atoms. The van der Waals surface area contributed by atoms with E-state index in [9.17, 15) is 18.0 Å². The summed E-state index contributed by atoms with van der Waals surface area (Å²) in [6.07, 6.45) is 1.70. The average molecular weight is 367 g/mol. The van der Waals surface area contributed by atoms with Crippen LogP contribution in [0.25, 0.3) is 0 Å². The van der Waals surface area contributed by atoms with Crippen molar-refractivity contribution in [2.24, 2.45) is 0 Å². The van der Waals surface area contributed by atoms with Crippen molar-refractivity contribution in [3.63, 3.8) is 0 Å². The average Bonchev–Trinajstić information content (AvgIpc) is 3.07. The van der Waals surface area contributed by atoms with Crippen LogP contribution in [0.4, 0.5) is 0 Å². The lowest BCUT2D eigenvalue weighted by molar-refractivity contribution is -0.159. The van der Waals surface area contributed by atoms with Gasteiger partial charge in [-0.15, -0.1) is 0 Å². The summed E-state index contributed by atoms with van der Waals surface area (Å²) in [6.45, 7) is 0.370. The summed E-state index contributed by atoms with van der Waals surface area (Å²) in [5, 5.41) is 8.96. The largest absolute Gasteiger partial charge is 0.479 e. The Morgan fingerprint density at radius 3 is 2.76 bits per heavy atom. The lowest BCUT2D eigenvalue weighted by atomic mass is 10.1. The molecule has 8 heteroatoms. The number of aryl methyl sites for hydroxylation is 2. The second-order valence-corrected chi connectivity index (χ2v) is 8.50. The molecule has 1 atom stereocenters. The molecule has 1 fully saturated rings. The number of aliphatic carboxylic acids is 1. The van der Waals surface area contributed by atoms with Gasteiger partial charge >= 0.3 is 5.97 Å². The lowest BCUT2D eigenvalue weighted by Crippen LogP contribution is -2.48. The highest BCUT2D eigenvalue weighted by molar-refractivity contribution is 7.91. The van der Waals surface area contributed by atoms with Crippen LogP contribution in [0, 0.1) is 0 Å². The number of fused-ring (bicyclic) bond motifs is 1. The Morgan fingerprint density at radius 1 is 1.24 bits per heavy atom. The Hall–Kier alpha value is -1.93. The molecule has 0 saturated carbocycles. The van der Waals surface area contributed by atoms with Crippen molar-refractivity contribution in [1.29, 1.82) is 0 Å². The van der Waals surface area contributed by atoms with Crippen molar-refractivity contribution in [3.05, 3.63) is 29.3 Å². The van der Waals surface area contributed by atoms with Gasteiger partial charge in [0.25, 0.3) is 0 Å². The number of carbonyl (C=O) groups is 2. The Morgan fingerprint density at radius 2 is 2.00 bits per heavy atom. The molecule has 1 amide bonds. The number of rotatable bonds is 5. The number of carboxylic acids is 1. The van der Waals surface area contributed by atoms with Crippen molar-refractivity contribution in [2.75, 3.05) is 25.4 Å². The Balaban J connectivity index is 1.62. The highest BCUT2D eigenvalue weighted by Gasteiger charge is 2.29. The number of amides is 1. The molecule has 0 unspecified atom stereocenters. The maximum Gasteiger partial charge on any atom is 0.334 e. The van der Waals surface area contributed by atoms with E-state index in [2.05, 4.69) is 0 Å². The van der Waals surface area contributed by atoms with Crippen LogP contribution in [-0.4, -0.2) is 61.9 Å².